The van der Waals surface area contributed by atoms with E-state index in [9.17, 15) is 9.18 Å². The molecule has 0 aliphatic carbocycles. The van der Waals surface area contributed by atoms with Crippen LogP contribution in [0.15, 0.2) is 18.2 Å². The molecule has 1 heterocycles. The number of Topliss-reactive ketones (excluding diaryl/α,β-unsaturated/α-hetero) is 1. The topological polar surface area (TPSA) is 35.5 Å². The molecule has 2 atom stereocenters. The zero-order valence-electron chi connectivity index (χ0n) is 9.90. The average molecular weight is 238 g/mol. The molecule has 2 unspecified atom stereocenters. The number of ketones is 1. The molecule has 1 aliphatic heterocycles. The van der Waals surface area contributed by atoms with Crippen molar-refractivity contribution < 1.29 is 18.7 Å². The minimum absolute atomic E-state index is 0.119. The van der Waals surface area contributed by atoms with Crippen LogP contribution in [0.1, 0.15) is 23.7 Å². The highest BCUT2D eigenvalue weighted by atomic mass is 19.1. The van der Waals surface area contributed by atoms with E-state index in [2.05, 4.69) is 0 Å². The highest BCUT2D eigenvalue weighted by Gasteiger charge is 2.32. The van der Waals surface area contributed by atoms with Gasteiger partial charge in [-0.15, -0.1) is 0 Å². The SMILES string of the molecule is COc1ccc(C(=O)C2CCOC2C)c(F)c1. The van der Waals surface area contributed by atoms with Crippen molar-refractivity contribution in [2.45, 2.75) is 19.4 Å². The Hall–Kier alpha value is -1.42. The number of ether oxygens (including phenoxy) is 2. The van der Waals surface area contributed by atoms with Crippen molar-refractivity contribution in [1.29, 1.82) is 0 Å². The van der Waals surface area contributed by atoms with Gasteiger partial charge in [0.15, 0.2) is 5.78 Å². The van der Waals surface area contributed by atoms with Crippen LogP contribution in [0.2, 0.25) is 0 Å². The van der Waals surface area contributed by atoms with Gasteiger partial charge in [0.1, 0.15) is 11.6 Å². The van der Waals surface area contributed by atoms with Gasteiger partial charge < -0.3 is 9.47 Å². The third-order valence-corrected chi connectivity index (χ3v) is 3.15. The van der Waals surface area contributed by atoms with Crippen molar-refractivity contribution >= 4 is 5.78 Å². The van der Waals surface area contributed by atoms with Crippen molar-refractivity contribution in [3.05, 3.63) is 29.6 Å². The summed E-state index contributed by atoms with van der Waals surface area (Å²) in [5.41, 5.74) is 0.119. The van der Waals surface area contributed by atoms with E-state index in [0.29, 0.717) is 18.8 Å². The van der Waals surface area contributed by atoms with Crippen molar-refractivity contribution in [2.75, 3.05) is 13.7 Å². The number of carbonyl (C=O) groups excluding carboxylic acids is 1. The highest BCUT2D eigenvalue weighted by molar-refractivity contribution is 5.98. The first kappa shape index (κ1) is 12.0. The van der Waals surface area contributed by atoms with E-state index < -0.39 is 5.82 Å². The number of methoxy groups -OCH3 is 1. The molecule has 0 radical (unpaired) electrons. The van der Waals surface area contributed by atoms with E-state index in [1.54, 1.807) is 6.07 Å². The minimum Gasteiger partial charge on any atom is -0.497 e. The summed E-state index contributed by atoms with van der Waals surface area (Å²) < 4.78 is 24.0. The molecule has 0 bridgehead atoms. The smallest absolute Gasteiger partial charge is 0.171 e. The average Bonchev–Trinajstić information content (AvgIpc) is 2.74. The molecule has 0 N–H and O–H groups in total. The lowest BCUT2D eigenvalue weighted by Crippen LogP contribution is -2.22. The molecule has 92 valence electrons. The fraction of sp³-hybridized carbons (Fsp3) is 0.462. The molecular weight excluding hydrogens is 223 g/mol. The fourth-order valence-corrected chi connectivity index (χ4v) is 2.10. The Bertz CT molecular complexity index is 431. The van der Waals surface area contributed by atoms with Crippen LogP contribution >= 0.6 is 0 Å². The van der Waals surface area contributed by atoms with Crippen LogP contribution in [-0.4, -0.2) is 25.6 Å². The summed E-state index contributed by atoms with van der Waals surface area (Å²) in [6.07, 6.45) is 0.523. The first-order valence-corrected chi connectivity index (χ1v) is 5.63. The van der Waals surface area contributed by atoms with E-state index in [-0.39, 0.29) is 23.4 Å². The third-order valence-electron chi connectivity index (χ3n) is 3.15. The molecule has 1 aliphatic rings. The van der Waals surface area contributed by atoms with Gasteiger partial charge in [-0.1, -0.05) is 0 Å². The summed E-state index contributed by atoms with van der Waals surface area (Å²) in [5.74, 6) is -0.545. The normalized spacial score (nSPS) is 23.7. The lowest BCUT2D eigenvalue weighted by Gasteiger charge is -2.13. The van der Waals surface area contributed by atoms with E-state index in [1.165, 1.54) is 19.2 Å². The van der Waals surface area contributed by atoms with Crippen LogP contribution < -0.4 is 4.74 Å². The van der Waals surface area contributed by atoms with E-state index >= 15 is 0 Å². The molecule has 2 rings (SSSR count). The number of halogens is 1. The summed E-state index contributed by atoms with van der Waals surface area (Å²) in [4.78, 5) is 12.1. The van der Waals surface area contributed by atoms with Crippen LogP contribution in [0, 0.1) is 11.7 Å². The van der Waals surface area contributed by atoms with Crippen LogP contribution in [0.4, 0.5) is 4.39 Å². The predicted molar refractivity (Wildman–Crippen MR) is 60.8 cm³/mol. The molecule has 1 saturated heterocycles. The summed E-state index contributed by atoms with van der Waals surface area (Å²) in [6.45, 7) is 2.41. The molecule has 0 spiro atoms. The number of benzene rings is 1. The zero-order chi connectivity index (χ0) is 12.4. The van der Waals surface area contributed by atoms with Gasteiger partial charge >= 0.3 is 0 Å². The van der Waals surface area contributed by atoms with Gasteiger partial charge in [-0.2, -0.15) is 0 Å². The Morgan fingerprint density at radius 3 is 2.82 bits per heavy atom. The first-order valence-electron chi connectivity index (χ1n) is 5.63. The maximum atomic E-state index is 13.7. The van der Waals surface area contributed by atoms with Crippen molar-refractivity contribution in [3.8, 4) is 5.75 Å². The highest BCUT2D eigenvalue weighted by Crippen LogP contribution is 2.27. The molecule has 1 fully saturated rings. The Balaban J connectivity index is 2.25. The summed E-state index contributed by atoms with van der Waals surface area (Å²) in [7, 11) is 1.46. The molecule has 3 nitrogen and oxygen atoms in total. The van der Waals surface area contributed by atoms with Gasteiger partial charge in [-0.05, 0) is 25.5 Å². The number of carbonyl (C=O) groups is 1. The molecule has 1 aromatic carbocycles. The van der Waals surface area contributed by atoms with Crippen molar-refractivity contribution in [1.82, 2.24) is 0 Å². The molecule has 0 amide bonds. The maximum Gasteiger partial charge on any atom is 0.171 e. The van der Waals surface area contributed by atoms with Crippen molar-refractivity contribution in [3.63, 3.8) is 0 Å². The molecular formula is C13H15FO3. The summed E-state index contributed by atoms with van der Waals surface area (Å²) in [5, 5.41) is 0. The zero-order valence-corrected chi connectivity index (χ0v) is 9.90. The van der Waals surface area contributed by atoms with E-state index in [1.807, 2.05) is 6.92 Å². The predicted octanol–water partition coefficient (Wildman–Crippen LogP) is 2.44. The first-order chi connectivity index (χ1) is 8.13. The molecule has 17 heavy (non-hydrogen) atoms. The lowest BCUT2D eigenvalue weighted by molar-refractivity contribution is 0.0761. The quantitative estimate of drug-likeness (QED) is 0.759. The largest absolute Gasteiger partial charge is 0.497 e. The Morgan fingerprint density at radius 1 is 1.53 bits per heavy atom. The minimum atomic E-state index is -0.534. The Kier molecular flexibility index (Phi) is 3.43. The van der Waals surface area contributed by atoms with E-state index in [0.717, 1.165) is 0 Å². The second-order valence-electron chi connectivity index (χ2n) is 4.18. The van der Waals surface area contributed by atoms with Crippen LogP contribution in [-0.2, 0) is 4.74 Å². The second kappa shape index (κ2) is 4.84. The lowest BCUT2D eigenvalue weighted by atomic mass is 9.92. The summed E-state index contributed by atoms with van der Waals surface area (Å²) in [6, 6.07) is 4.30. The second-order valence-corrected chi connectivity index (χ2v) is 4.18. The summed E-state index contributed by atoms with van der Waals surface area (Å²) >= 11 is 0. The molecule has 1 aromatic rings. The standard InChI is InChI=1S/C13H15FO3/c1-8-10(5-6-17-8)13(15)11-4-3-9(16-2)7-12(11)14/h3-4,7-8,10H,5-6H2,1-2H3. The Morgan fingerprint density at radius 2 is 2.29 bits per heavy atom. The van der Waals surface area contributed by atoms with Crippen LogP contribution in [0.25, 0.3) is 0 Å². The number of hydrogen-bond donors (Lipinski definition) is 0. The fourth-order valence-electron chi connectivity index (χ4n) is 2.10. The van der Waals surface area contributed by atoms with Gasteiger partial charge in [0.25, 0.3) is 0 Å². The van der Waals surface area contributed by atoms with Gasteiger partial charge in [0.2, 0.25) is 0 Å². The van der Waals surface area contributed by atoms with Crippen molar-refractivity contribution in [2.24, 2.45) is 5.92 Å². The monoisotopic (exact) mass is 238 g/mol. The van der Waals surface area contributed by atoms with Crippen LogP contribution in [0.3, 0.4) is 0 Å². The van der Waals surface area contributed by atoms with Gasteiger partial charge in [-0.25, -0.2) is 4.39 Å². The molecule has 0 aromatic heterocycles. The van der Waals surface area contributed by atoms with E-state index in [4.69, 9.17) is 9.47 Å². The van der Waals surface area contributed by atoms with Crippen LogP contribution in [0.5, 0.6) is 5.75 Å². The molecule has 4 heteroatoms. The van der Waals surface area contributed by atoms with Gasteiger partial charge in [-0.3, -0.25) is 4.79 Å². The third kappa shape index (κ3) is 2.31. The number of rotatable bonds is 3. The Labute approximate surface area is 99.5 Å². The molecule has 0 saturated carbocycles. The number of hydrogen-bond acceptors (Lipinski definition) is 3. The van der Waals surface area contributed by atoms with Gasteiger partial charge in [0, 0.05) is 12.7 Å². The maximum absolute atomic E-state index is 13.7. The van der Waals surface area contributed by atoms with Gasteiger partial charge in [0.05, 0.1) is 24.7 Å².